The number of methoxy groups -OCH3 is 1. The van der Waals surface area contributed by atoms with Gasteiger partial charge in [0, 0.05) is 47.0 Å². The van der Waals surface area contributed by atoms with Crippen LogP contribution in [-0.4, -0.2) is 30.4 Å². The summed E-state index contributed by atoms with van der Waals surface area (Å²) < 4.78 is 30.4. The number of nitrogens with zero attached hydrogens (tertiary/aromatic N) is 1. The van der Waals surface area contributed by atoms with E-state index < -0.39 is 22.6 Å². The summed E-state index contributed by atoms with van der Waals surface area (Å²) in [6, 6.07) is 8.17. The van der Waals surface area contributed by atoms with Crippen molar-refractivity contribution in [1.82, 2.24) is 5.32 Å². The molecule has 2 aromatic rings. The van der Waals surface area contributed by atoms with Gasteiger partial charge in [0.25, 0.3) is 0 Å². The zero-order valence-corrected chi connectivity index (χ0v) is 22.6. The van der Waals surface area contributed by atoms with Crippen LogP contribution in [0.2, 0.25) is 0 Å². The molecule has 2 aliphatic rings. The standard InChI is InChI=1S/C29H31FN2O7/c1-6-38-28(34)25-16(2)31-20-13-29(3,4)14-22(33)27(20)26(25)17-7-10-23(37-5)18(11-17)15-39-24-12-19(30)8-9-21(24)32(35)36/h7-12,26,31H,6,13-15H2,1-5H3. The lowest BCUT2D eigenvalue weighted by Gasteiger charge is -2.39. The second kappa shape index (κ2) is 10.9. The molecule has 0 fully saturated rings. The van der Waals surface area contributed by atoms with Gasteiger partial charge in [0.15, 0.2) is 11.5 Å². The van der Waals surface area contributed by atoms with Gasteiger partial charge in [0.05, 0.1) is 24.2 Å². The third kappa shape index (κ3) is 5.64. The molecule has 0 saturated carbocycles. The summed E-state index contributed by atoms with van der Waals surface area (Å²) in [6.07, 6.45) is 0.960. The first-order valence-electron chi connectivity index (χ1n) is 12.6. The minimum atomic E-state index is -0.697. The van der Waals surface area contributed by atoms with Crippen LogP contribution in [0, 0.1) is 21.3 Å². The molecule has 0 bridgehead atoms. The van der Waals surface area contributed by atoms with Crippen molar-refractivity contribution >= 4 is 17.4 Å². The number of nitro groups is 1. The first-order chi connectivity index (χ1) is 18.5. The Hall–Kier alpha value is -4.21. The van der Waals surface area contributed by atoms with Gasteiger partial charge < -0.3 is 19.5 Å². The lowest BCUT2D eigenvalue weighted by Crippen LogP contribution is -2.38. The normalized spacial score (nSPS) is 18.3. The van der Waals surface area contributed by atoms with E-state index >= 15 is 0 Å². The molecule has 0 aromatic heterocycles. The monoisotopic (exact) mass is 538 g/mol. The van der Waals surface area contributed by atoms with E-state index in [4.69, 9.17) is 14.2 Å². The van der Waals surface area contributed by atoms with E-state index in [0.29, 0.717) is 46.6 Å². The Morgan fingerprint density at radius 1 is 1.18 bits per heavy atom. The van der Waals surface area contributed by atoms with E-state index in [2.05, 4.69) is 5.32 Å². The SMILES string of the molecule is CCOC(=O)C1=C(C)NC2=C(C(=O)CC(C)(C)C2)C1c1ccc(OC)c(COc2cc(F)ccc2[N+](=O)[O-])c1. The lowest BCUT2D eigenvalue weighted by molar-refractivity contribution is -0.386. The van der Waals surface area contributed by atoms with Crippen LogP contribution in [0.5, 0.6) is 11.5 Å². The molecule has 0 spiro atoms. The number of ether oxygens (including phenoxy) is 3. The maximum absolute atomic E-state index is 13.8. The molecule has 1 atom stereocenters. The minimum Gasteiger partial charge on any atom is -0.496 e. The Kier molecular flexibility index (Phi) is 7.76. The van der Waals surface area contributed by atoms with E-state index in [9.17, 15) is 24.1 Å². The van der Waals surface area contributed by atoms with Crippen LogP contribution in [0.15, 0.2) is 58.9 Å². The van der Waals surface area contributed by atoms with Gasteiger partial charge >= 0.3 is 11.7 Å². The molecule has 1 heterocycles. The maximum atomic E-state index is 13.8. The summed E-state index contributed by atoms with van der Waals surface area (Å²) in [7, 11) is 1.47. The predicted octanol–water partition coefficient (Wildman–Crippen LogP) is 5.49. The zero-order valence-electron chi connectivity index (χ0n) is 22.6. The molecule has 0 radical (unpaired) electrons. The number of allylic oxidation sites excluding steroid dienone is 3. The average molecular weight is 539 g/mol. The van der Waals surface area contributed by atoms with Crippen molar-refractivity contribution in [1.29, 1.82) is 0 Å². The van der Waals surface area contributed by atoms with Gasteiger partial charge in [-0.05, 0) is 49.4 Å². The fourth-order valence-corrected chi connectivity index (χ4v) is 5.25. The largest absolute Gasteiger partial charge is 0.496 e. The Morgan fingerprint density at radius 3 is 2.59 bits per heavy atom. The van der Waals surface area contributed by atoms with Crippen LogP contribution in [0.25, 0.3) is 0 Å². The number of nitrogens with one attached hydrogen (secondary N) is 1. The van der Waals surface area contributed by atoms with Crippen molar-refractivity contribution in [3.05, 3.63) is 86.0 Å². The highest BCUT2D eigenvalue weighted by atomic mass is 19.1. The number of nitro benzene ring substituents is 1. The number of hydrogen-bond donors (Lipinski definition) is 1. The molecule has 206 valence electrons. The van der Waals surface area contributed by atoms with Gasteiger partial charge in [-0.3, -0.25) is 14.9 Å². The molecule has 39 heavy (non-hydrogen) atoms. The van der Waals surface area contributed by atoms with Gasteiger partial charge in [-0.2, -0.15) is 0 Å². The first-order valence-corrected chi connectivity index (χ1v) is 12.6. The Labute approximate surface area is 225 Å². The highest BCUT2D eigenvalue weighted by Crippen LogP contribution is 2.47. The number of ketones is 1. The Bertz CT molecular complexity index is 1410. The van der Waals surface area contributed by atoms with Crippen LogP contribution in [0.1, 0.15) is 57.6 Å². The number of rotatable bonds is 8. The third-order valence-electron chi connectivity index (χ3n) is 6.87. The van der Waals surface area contributed by atoms with Crippen LogP contribution in [0.3, 0.4) is 0 Å². The third-order valence-corrected chi connectivity index (χ3v) is 6.87. The fourth-order valence-electron chi connectivity index (χ4n) is 5.25. The molecule has 4 rings (SSSR count). The van der Waals surface area contributed by atoms with Crippen LogP contribution in [-0.2, 0) is 20.9 Å². The number of carbonyl (C=O) groups excluding carboxylic acids is 2. The number of hydrogen-bond acceptors (Lipinski definition) is 8. The van der Waals surface area contributed by atoms with E-state index in [1.165, 1.54) is 7.11 Å². The van der Waals surface area contributed by atoms with E-state index in [0.717, 1.165) is 23.9 Å². The predicted molar refractivity (Wildman–Crippen MR) is 141 cm³/mol. The lowest BCUT2D eigenvalue weighted by atomic mass is 9.68. The first kappa shape index (κ1) is 27.8. The smallest absolute Gasteiger partial charge is 0.336 e. The van der Waals surface area contributed by atoms with Crippen molar-refractivity contribution in [2.75, 3.05) is 13.7 Å². The zero-order chi connectivity index (χ0) is 28.5. The summed E-state index contributed by atoms with van der Waals surface area (Å²) >= 11 is 0. The molecular formula is C29H31FN2O7. The summed E-state index contributed by atoms with van der Waals surface area (Å²) in [5.41, 5.74) is 2.74. The Balaban J connectivity index is 1.80. The van der Waals surface area contributed by atoms with Gasteiger partial charge in [-0.1, -0.05) is 19.9 Å². The van der Waals surface area contributed by atoms with Crippen molar-refractivity contribution in [2.45, 2.75) is 53.1 Å². The van der Waals surface area contributed by atoms with Crippen LogP contribution >= 0.6 is 0 Å². The van der Waals surface area contributed by atoms with Gasteiger partial charge in [0.2, 0.25) is 0 Å². The van der Waals surface area contributed by atoms with Crippen LogP contribution in [0.4, 0.5) is 10.1 Å². The number of halogens is 1. The number of dihydropyridines is 1. The second-order valence-corrected chi connectivity index (χ2v) is 10.4. The summed E-state index contributed by atoms with van der Waals surface area (Å²) in [4.78, 5) is 37.4. The number of Topliss-reactive ketones (excluding diaryl/α,β-unsaturated/α-hetero) is 1. The quantitative estimate of drug-likeness (QED) is 0.266. The van der Waals surface area contributed by atoms with Gasteiger partial charge in [-0.15, -0.1) is 0 Å². The van der Waals surface area contributed by atoms with Crippen molar-refractivity contribution in [3.8, 4) is 11.5 Å². The fraction of sp³-hybridized carbons (Fsp3) is 0.379. The van der Waals surface area contributed by atoms with Gasteiger partial charge in [-0.25, -0.2) is 9.18 Å². The average Bonchev–Trinajstić information content (AvgIpc) is 2.85. The summed E-state index contributed by atoms with van der Waals surface area (Å²) in [5.74, 6) is -1.76. The van der Waals surface area contributed by atoms with E-state index in [-0.39, 0.29) is 35.8 Å². The topological polar surface area (TPSA) is 117 Å². The Morgan fingerprint density at radius 2 is 1.92 bits per heavy atom. The molecule has 0 amide bonds. The molecular weight excluding hydrogens is 507 g/mol. The highest BCUT2D eigenvalue weighted by molar-refractivity contribution is 6.04. The molecule has 0 saturated heterocycles. The molecule has 9 nitrogen and oxygen atoms in total. The molecule has 10 heteroatoms. The molecule has 1 aliphatic carbocycles. The second-order valence-electron chi connectivity index (χ2n) is 10.4. The van der Waals surface area contributed by atoms with Crippen LogP contribution < -0.4 is 14.8 Å². The van der Waals surface area contributed by atoms with E-state index in [1.54, 1.807) is 32.0 Å². The van der Waals surface area contributed by atoms with Crippen molar-refractivity contribution < 1.29 is 33.1 Å². The highest BCUT2D eigenvalue weighted by Gasteiger charge is 2.43. The van der Waals surface area contributed by atoms with E-state index in [1.807, 2.05) is 13.8 Å². The molecule has 2 aromatic carbocycles. The number of benzene rings is 2. The summed E-state index contributed by atoms with van der Waals surface area (Å²) in [6.45, 7) is 7.54. The van der Waals surface area contributed by atoms with Crippen molar-refractivity contribution in [3.63, 3.8) is 0 Å². The molecule has 1 unspecified atom stereocenters. The molecule has 1 aliphatic heterocycles. The minimum absolute atomic E-state index is 0.0583. The number of carbonyl (C=O) groups is 2. The van der Waals surface area contributed by atoms with Gasteiger partial charge in [0.1, 0.15) is 18.2 Å². The number of esters is 1. The summed E-state index contributed by atoms with van der Waals surface area (Å²) in [5, 5.41) is 14.7. The van der Waals surface area contributed by atoms with Crippen molar-refractivity contribution in [2.24, 2.45) is 5.41 Å². The molecule has 1 N–H and O–H groups in total. The maximum Gasteiger partial charge on any atom is 0.336 e.